The van der Waals surface area contributed by atoms with Crippen LogP contribution in [-0.4, -0.2) is 62.8 Å². The van der Waals surface area contributed by atoms with E-state index in [4.69, 9.17) is 4.74 Å². The average molecular weight is 269 g/mol. The molecule has 2 aliphatic heterocycles. The summed E-state index contributed by atoms with van der Waals surface area (Å²) in [6, 6.07) is 0.513. The van der Waals surface area contributed by atoms with Crippen molar-refractivity contribution in [2.75, 3.05) is 39.9 Å². The van der Waals surface area contributed by atoms with Crippen LogP contribution in [0.1, 0.15) is 26.2 Å². The van der Waals surface area contributed by atoms with Gasteiger partial charge in [-0.1, -0.05) is 6.92 Å². The summed E-state index contributed by atoms with van der Waals surface area (Å²) in [5, 5.41) is 6.36. The Hall–Kier alpha value is -0.650. The van der Waals surface area contributed by atoms with Crippen LogP contribution >= 0.6 is 0 Å². The van der Waals surface area contributed by atoms with Crippen molar-refractivity contribution in [2.45, 2.75) is 38.3 Å². The Morgan fingerprint density at radius 2 is 2.05 bits per heavy atom. The number of nitrogens with zero attached hydrogens (tertiary/aromatic N) is 1. The molecule has 2 N–H and O–H groups in total. The zero-order valence-electron chi connectivity index (χ0n) is 12.2. The van der Waals surface area contributed by atoms with E-state index in [0.29, 0.717) is 19.3 Å². The largest absolute Gasteiger partial charge is 0.379 e. The number of hydrogen-bond donors (Lipinski definition) is 2. The number of likely N-dealkylation sites (N-methyl/N-ethyl adjacent to an activating group) is 1. The highest BCUT2D eigenvalue weighted by molar-refractivity contribution is 5.80. The van der Waals surface area contributed by atoms with E-state index in [-0.39, 0.29) is 17.9 Å². The maximum Gasteiger partial charge on any atom is 0.227 e. The van der Waals surface area contributed by atoms with Gasteiger partial charge in [-0.3, -0.25) is 4.79 Å². The van der Waals surface area contributed by atoms with Crippen LogP contribution in [0.2, 0.25) is 0 Å². The van der Waals surface area contributed by atoms with Gasteiger partial charge in [0.1, 0.15) is 0 Å². The van der Waals surface area contributed by atoms with E-state index < -0.39 is 0 Å². The summed E-state index contributed by atoms with van der Waals surface area (Å²) in [7, 11) is 1.89. The average Bonchev–Trinajstić information content (AvgIpc) is 2.90. The van der Waals surface area contributed by atoms with Crippen LogP contribution in [0.5, 0.6) is 0 Å². The van der Waals surface area contributed by atoms with Gasteiger partial charge in [-0.15, -0.1) is 0 Å². The molecule has 0 aromatic heterocycles. The second-order valence-electron chi connectivity index (χ2n) is 5.66. The van der Waals surface area contributed by atoms with Gasteiger partial charge in [-0.05, 0) is 32.9 Å². The molecule has 2 heterocycles. The number of piperidine rings is 1. The smallest absolute Gasteiger partial charge is 0.227 e. The highest BCUT2D eigenvalue weighted by Crippen LogP contribution is 2.16. The summed E-state index contributed by atoms with van der Waals surface area (Å²) >= 11 is 0. The lowest BCUT2D eigenvalue weighted by molar-refractivity contribution is -0.126. The normalized spacial score (nSPS) is 29.6. The number of nitrogens with one attached hydrogen (secondary N) is 2. The third-order valence-corrected chi connectivity index (χ3v) is 4.26. The Morgan fingerprint density at radius 1 is 1.32 bits per heavy atom. The fourth-order valence-corrected chi connectivity index (χ4v) is 3.02. The van der Waals surface area contributed by atoms with Gasteiger partial charge >= 0.3 is 0 Å². The Bertz CT molecular complexity index is 290. The van der Waals surface area contributed by atoms with Crippen LogP contribution in [0, 0.1) is 5.92 Å². The van der Waals surface area contributed by atoms with Crippen LogP contribution in [0.15, 0.2) is 0 Å². The van der Waals surface area contributed by atoms with Gasteiger partial charge in [0, 0.05) is 25.2 Å². The van der Waals surface area contributed by atoms with Crippen LogP contribution in [0.25, 0.3) is 0 Å². The number of likely N-dealkylation sites (tertiary alicyclic amines) is 1. The molecular weight excluding hydrogens is 242 g/mol. The zero-order valence-corrected chi connectivity index (χ0v) is 12.2. The Balaban J connectivity index is 1.74. The molecule has 0 aliphatic carbocycles. The van der Waals surface area contributed by atoms with Crippen molar-refractivity contribution in [1.29, 1.82) is 0 Å². The molecule has 19 heavy (non-hydrogen) atoms. The van der Waals surface area contributed by atoms with Gasteiger partial charge in [0.05, 0.1) is 19.1 Å². The lowest BCUT2D eigenvalue weighted by atomic mass is 10.00. The molecule has 5 heteroatoms. The number of carbonyl (C=O) groups excluding carboxylic acids is 1. The second-order valence-corrected chi connectivity index (χ2v) is 5.66. The molecule has 0 spiro atoms. The molecule has 0 aromatic rings. The zero-order chi connectivity index (χ0) is 13.7. The Labute approximate surface area is 116 Å². The van der Waals surface area contributed by atoms with E-state index in [9.17, 15) is 4.79 Å². The SMILES string of the molecule is CCCN1CCC(NC(=O)C2COCC2NC)CC1. The van der Waals surface area contributed by atoms with Gasteiger partial charge in [-0.2, -0.15) is 0 Å². The summed E-state index contributed by atoms with van der Waals surface area (Å²) in [5.41, 5.74) is 0. The number of ether oxygens (including phenoxy) is 1. The second kappa shape index (κ2) is 7.22. The van der Waals surface area contributed by atoms with Gasteiger partial charge in [0.25, 0.3) is 0 Å². The monoisotopic (exact) mass is 269 g/mol. The first-order valence-corrected chi connectivity index (χ1v) is 7.52. The standard InChI is InChI=1S/C14H27N3O2/c1-3-6-17-7-4-11(5-8-17)16-14(18)12-9-19-10-13(12)15-2/h11-13,15H,3-10H2,1-2H3,(H,16,18). The fourth-order valence-electron chi connectivity index (χ4n) is 3.02. The number of carbonyl (C=O) groups is 1. The molecule has 2 saturated heterocycles. The van der Waals surface area contributed by atoms with Crippen LogP contribution in [-0.2, 0) is 9.53 Å². The Morgan fingerprint density at radius 3 is 2.68 bits per heavy atom. The number of hydrogen-bond acceptors (Lipinski definition) is 4. The van der Waals surface area contributed by atoms with E-state index >= 15 is 0 Å². The molecule has 5 nitrogen and oxygen atoms in total. The molecule has 0 bridgehead atoms. The summed E-state index contributed by atoms with van der Waals surface area (Å²) in [5.74, 6) is 0.129. The summed E-state index contributed by atoms with van der Waals surface area (Å²) in [6.07, 6.45) is 3.35. The third-order valence-electron chi connectivity index (χ3n) is 4.26. The summed E-state index contributed by atoms with van der Waals surface area (Å²) in [4.78, 5) is 14.7. The van der Waals surface area contributed by atoms with Crippen LogP contribution < -0.4 is 10.6 Å². The van der Waals surface area contributed by atoms with Crippen LogP contribution in [0.3, 0.4) is 0 Å². The highest BCUT2D eigenvalue weighted by atomic mass is 16.5. The molecule has 0 aromatic carbocycles. The molecule has 110 valence electrons. The third kappa shape index (κ3) is 3.91. The van der Waals surface area contributed by atoms with Gasteiger partial charge < -0.3 is 20.3 Å². The molecular formula is C14H27N3O2. The van der Waals surface area contributed by atoms with Gasteiger partial charge in [0.15, 0.2) is 0 Å². The van der Waals surface area contributed by atoms with E-state index in [1.807, 2.05) is 7.05 Å². The highest BCUT2D eigenvalue weighted by Gasteiger charge is 2.34. The molecule has 0 radical (unpaired) electrons. The maximum absolute atomic E-state index is 12.2. The van der Waals surface area contributed by atoms with Crippen molar-refractivity contribution in [1.82, 2.24) is 15.5 Å². The van der Waals surface area contributed by atoms with Crippen molar-refractivity contribution in [3.8, 4) is 0 Å². The molecule has 2 unspecified atom stereocenters. The van der Waals surface area contributed by atoms with Gasteiger partial charge in [0.2, 0.25) is 5.91 Å². The minimum Gasteiger partial charge on any atom is -0.379 e. The van der Waals surface area contributed by atoms with Crippen molar-refractivity contribution in [2.24, 2.45) is 5.92 Å². The van der Waals surface area contributed by atoms with Gasteiger partial charge in [-0.25, -0.2) is 0 Å². The fraction of sp³-hybridized carbons (Fsp3) is 0.929. The first-order chi connectivity index (χ1) is 9.24. The first-order valence-electron chi connectivity index (χ1n) is 7.52. The van der Waals surface area contributed by atoms with E-state index in [0.717, 1.165) is 25.9 Å². The van der Waals surface area contributed by atoms with Crippen molar-refractivity contribution in [3.05, 3.63) is 0 Å². The lowest BCUT2D eigenvalue weighted by Crippen LogP contribution is -2.49. The van der Waals surface area contributed by atoms with E-state index in [1.165, 1.54) is 13.0 Å². The minimum absolute atomic E-state index is 0.0290. The van der Waals surface area contributed by atoms with Crippen molar-refractivity contribution >= 4 is 5.91 Å². The topological polar surface area (TPSA) is 53.6 Å². The molecule has 2 rings (SSSR count). The quantitative estimate of drug-likeness (QED) is 0.749. The molecule has 2 fully saturated rings. The number of amides is 1. The first kappa shape index (κ1) is 14.8. The summed E-state index contributed by atoms with van der Waals surface area (Å²) < 4.78 is 5.39. The van der Waals surface area contributed by atoms with Crippen molar-refractivity contribution in [3.63, 3.8) is 0 Å². The van der Waals surface area contributed by atoms with E-state index in [2.05, 4.69) is 22.5 Å². The maximum atomic E-state index is 12.2. The predicted molar refractivity (Wildman–Crippen MR) is 75.1 cm³/mol. The molecule has 2 atom stereocenters. The summed E-state index contributed by atoms with van der Waals surface area (Å²) in [6.45, 7) is 6.80. The molecule has 1 amide bonds. The van der Waals surface area contributed by atoms with Crippen LogP contribution in [0.4, 0.5) is 0 Å². The Kier molecular flexibility index (Phi) is 5.60. The minimum atomic E-state index is -0.0290. The lowest BCUT2D eigenvalue weighted by Gasteiger charge is -2.32. The van der Waals surface area contributed by atoms with E-state index in [1.54, 1.807) is 0 Å². The van der Waals surface area contributed by atoms with Crippen molar-refractivity contribution < 1.29 is 9.53 Å². The number of rotatable bonds is 5. The molecule has 2 aliphatic rings. The predicted octanol–water partition coefficient (Wildman–Crippen LogP) is 0.211. The molecule has 0 saturated carbocycles.